The summed E-state index contributed by atoms with van der Waals surface area (Å²) in [5, 5.41) is 9.01. The lowest BCUT2D eigenvalue weighted by Gasteiger charge is -2.22. The van der Waals surface area contributed by atoms with Crippen LogP contribution in [0.4, 0.5) is 5.69 Å². The van der Waals surface area contributed by atoms with Crippen molar-refractivity contribution in [2.45, 2.75) is 18.2 Å². The summed E-state index contributed by atoms with van der Waals surface area (Å²) in [6.07, 6.45) is 0.670. The molecule has 0 fully saturated rings. The summed E-state index contributed by atoms with van der Waals surface area (Å²) in [6.45, 7) is 2.09. The van der Waals surface area contributed by atoms with E-state index in [1.54, 1.807) is 12.1 Å². The lowest BCUT2D eigenvalue weighted by Crippen LogP contribution is -2.34. The highest BCUT2D eigenvalue weighted by atomic mass is 79.9. The Morgan fingerprint density at radius 1 is 1.26 bits per heavy atom. The van der Waals surface area contributed by atoms with E-state index >= 15 is 0 Å². The van der Waals surface area contributed by atoms with Gasteiger partial charge in [-0.15, -0.1) is 0 Å². The first kappa shape index (κ1) is 16.9. The van der Waals surface area contributed by atoms with Crippen LogP contribution in [0.1, 0.15) is 13.3 Å². The normalized spacial score (nSPS) is 12.1. The maximum atomic E-state index is 12.6. The molecule has 0 atom stereocenters. The van der Waals surface area contributed by atoms with E-state index in [-0.39, 0.29) is 18.0 Å². The largest absolute Gasteiger partial charge is 0.399 e. The molecule has 0 aromatic heterocycles. The van der Waals surface area contributed by atoms with Crippen molar-refractivity contribution in [2.24, 2.45) is 0 Å². The lowest BCUT2D eigenvalue weighted by molar-refractivity contribution is 0.253. The fraction of sp³-hybridized carbons (Fsp3) is 0.455. The predicted molar refractivity (Wildman–Crippen MR) is 82.4 cm³/mol. The van der Waals surface area contributed by atoms with Crippen LogP contribution < -0.4 is 5.73 Å². The summed E-state index contributed by atoms with van der Waals surface area (Å²) in [6, 6.07) is 3.08. The second-order valence-corrected chi connectivity index (χ2v) is 7.52. The van der Waals surface area contributed by atoms with Gasteiger partial charge in [-0.05, 0) is 50.4 Å². The average Bonchev–Trinajstić information content (AvgIpc) is 2.26. The van der Waals surface area contributed by atoms with E-state index in [0.29, 0.717) is 27.6 Å². The smallest absolute Gasteiger partial charge is 0.245 e. The summed E-state index contributed by atoms with van der Waals surface area (Å²) in [5.41, 5.74) is 6.12. The van der Waals surface area contributed by atoms with Crippen molar-refractivity contribution in [3.05, 3.63) is 21.1 Å². The van der Waals surface area contributed by atoms with E-state index in [4.69, 9.17) is 10.8 Å². The van der Waals surface area contributed by atoms with Gasteiger partial charge in [0.25, 0.3) is 0 Å². The molecule has 0 spiro atoms. The third kappa shape index (κ3) is 3.91. The average molecular weight is 416 g/mol. The number of halogens is 2. The number of nitrogens with zero attached hydrogens (tertiary/aromatic N) is 1. The molecule has 1 aromatic carbocycles. The molecule has 0 aliphatic rings. The topological polar surface area (TPSA) is 83.6 Å². The summed E-state index contributed by atoms with van der Waals surface area (Å²) in [5.74, 6) is 0. The molecule has 0 amide bonds. The van der Waals surface area contributed by atoms with Crippen LogP contribution in [0.25, 0.3) is 0 Å². The van der Waals surface area contributed by atoms with Crippen LogP contribution >= 0.6 is 31.9 Å². The van der Waals surface area contributed by atoms with Crippen LogP contribution in [0.15, 0.2) is 26.0 Å². The van der Waals surface area contributed by atoms with Gasteiger partial charge in [0, 0.05) is 27.7 Å². The Morgan fingerprint density at radius 2 is 1.79 bits per heavy atom. The van der Waals surface area contributed by atoms with Crippen LogP contribution in [0.5, 0.6) is 0 Å². The molecule has 0 saturated heterocycles. The molecule has 108 valence electrons. The number of anilines is 1. The van der Waals surface area contributed by atoms with E-state index in [1.807, 2.05) is 6.92 Å². The fourth-order valence-corrected chi connectivity index (χ4v) is 5.73. The second kappa shape index (κ2) is 7.03. The standard InChI is InChI=1S/C11H16Br2N2O3S/c1-2-3-15(4-5-16)19(17,18)11-9(12)6-8(14)7-10(11)13/h6-7,16H,2-5,14H2,1H3. The molecule has 0 unspecified atom stereocenters. The van der Waals surface area contributed by atoms with E-state index in [9.17, 15) is 8.42 Å². The van der Waals surface area contributed by atoms with Crippen molar-refractivity contribution < 1.29 is 13.5 Å². The lowest BCUT2D eigenvalue weighted by atomic mass is 10.3. The molecule has 0 bridgehead atoms. The molecule has 3 N–H and O–H groups in total. The highest BCUT2D eigenvalue weighted by Gasteiger charge is 2.28. The van der Waals surface area contributed by atoms with Crippen molar-refractivity contribution in [1.29, 1.82) is 0 Å². The number of sulfonamides is 1. The van der Waals surface area contributed by atoms with Crippen molar-refractivity contribution in [3.8, 4) is 0 Å². The van der Waals surface area contributed by atoms with Gasteiger partial charge in [-0.3, -0.25) is 0 Å². The van der Waals surface area contributed by atoms with Crippen molar-refractivity contribution in [1.82, 2.24) is 4.31 Å². The molecule has 8 heteroatoms. The highest BCUT2D eigenvalue weighted by Crippen LogP contribution is 2.34. The third-order valence-corrected chi connectivity index (χ3v) is 6.22. The number of nitrogen functional groups attached to an aromatic ring is 1. The molecule has 19 heavy (non-hydrogen) atoms. The first-order valence-electron chi connectivity index (χ1n) is 5.70. The minimum atomic E-state index is -3.68. The van der Waals surface area contributed by atoms with Gasteiger partial charge in [-0.2, -0.15) is 4.31 Å². The Bertz CT molecular complexity index is 520. The first-order chi connectivity index (χ1) is 8.84. The first-order valence-corrected chi connectivity index (χ1v) is 8.72. The number of hydrogen-bond acceptors (Lipinski definition) is 4. The number of aliphatic hydroxyl groups is 1. The maximum Gasteiger partial charge on any atom is 0.245 e. The Kier molecular flexibility index (Phi) is 6.25. The molecule has 5 nitrogen and oxygen atoms in total. The molecular weight excluding hydrogens is 400 g/mol. The molecule has 0 aliphatic carbocycles. The Hall–Kier alpha value is -0.150. The number of rotatable bonds is 6. The van der Waals surface area contributed by atoms with Gasteiger partial charge in [-0.1, -0.05) is 6.92 Å². The van der Waals surface area contributed by atoms with Gasteiger partial charge >= 0.3 is 0 Å². The Balaban J connectivity index is 3.33. The highest BCUT2D eigenvalue weighted by molar-refractivity contribution is 9.11. The van der Waals surface area contributed by atoms with Crippen LogP contribution in [-0.2, 0) is 10.0 Å². The minimum Gasteiger partial charge on any atom is -0.399 e. The molecule has 0 aliphatic heterocycles. The van der Waals surface area contributed by atoms with E-state index in [1.165, 1.54) is 4.31 Å². The van der Waals surface area contributed by atoms with Crippen LogP contribution in [0.2, 0.25) is 0 Å². The predicted octanol–water partition coefficient (Wildman–Crippen LogP) is 2.19. The van der Waals surface area contributed by atoms with Crippen molar-refractivity contribution in [2.75, 3.05) is 25.4 Å². The summed E-state index contributed by atoms with van der Waals surface area (Å²) < 4.78 is 27.2. The van der Waals surface area contributed by atoms with Gasteiger partial charge in [-0.25, -0.2) is 8.42 Å². The van der Waals surface area contributed by atoms with Crippen molar-refractivity contribution >= 4 is 47.6 Å². The summed E-state index contributed by atoms with van der Waals surface area (Å²) >= 11 is 6.45. The monoisotopic (exact) mass is 414 g/mol. The molecule has 1 aromatic rings. The molecule has 0 saturated carbocycles. The number of hydrogen-bond donors (Lipinski definition) is 2. The van der Waals surface area contributed by atoms with Gasteiger partial charge < -0.3 is 10.8 Å². The van der Waals surface area contributed by atoms with Gasteiger partial charge in [0.1, 0.15) is 4.90 Å². The van der Waals surface area contributed by atoms with E-state index < -0.39 is 10.0 Å². The van der Waals surface area contributed by atoms with Gasteiger partial charge in [0.05, 0.1) is 6.61 Å². The zero-order chi connectivity index (χ0) is 14.6. The quantitative estimate of drug-likeness (QED) is 0.697. The molecule has 1 rings (SSSR count). The zero-order valence-corrected chi connectivity index (χ0v) is 14.4. The number of benzene rings is 1. The molecule has 0 heterocycles. The van der Waals surface area contributed by atoms with E-state index in [0.717, 1.165) is 0 Å². The minimum absolute atomic E-state index is 0.0689. The molecular formula is C11H16Br2N2O3S. The van der Waals surface area contributed by atoms with E-state index in [2.05, 4.69) is 31.9 Å². The second-order valence-electron chi connectivity index (χ2n) is 3.94. The van der Waals surface area contributed by atoms with Crippen LogP contribution in [-0.4, -0.2) is 37.5 Å². The van der Waals surface area contributed by atoms with Crippen molar-refractivity contribution in [3.63, 3.8) is 0 Å². The number of nitrogens with two attached hydrogens (primary N) is 1. The molecule has 0 radical (unpaired) electrons. The summed E-state index contributed by atoms with van der Waals surface area (Å²) in [4.78, 5) is 0.128. The Morgan fingerprint density at radius 3 is 2.21 bits per heavy atom. The van der Waals surface area contributed by atoms with Gasteiger partial charge in [0.2, 0.25) is 10.0 Å². The zero-order valence-electron chi connectivity index (χ0n) is 10.4. The summed E-state index contributed by atoms with van der Waals surface area (Å²) in [7, 11) is -3.68. The SMILES string of the molecule is CCCN(CCO)S(=O)(=O)c1c(Br)cc(N)cc1Br. The maximum absolute atomic E-state index is 12.6. The third-order valence-electron chi connectivity index (χ3n) is 2.44. The number of aliphatic hydroxyl groups excluding tert-OH is 1. The van der Waals surface area contributed by atoms with Crippen LogP contribution in [0.3, 0.4) is 0 Å². The Labute approximate surface area is 130 Å². The van der Waals surface area contributed by atoms with Crippen LogP contribution in [0, 0.1) is 0 Å². The fourth-order valence-electron chi connectivity index (χ4n) is 1.67. The van der Waals surface area contributed by atoms with Gasteiger partial charge in [0.15, 0.2) is 0 Å².